The van der Waals surface area contributed by atoms with Crippen LogP contribution in [0.25, 0.3) is 11.0 Å². The zero-order chi connectivity index (χ0) is 21.3. The molecule has 6 atom stereocenters. The smallest absolute Gasteiger partial charge is 0.325 e. The Kier molecular flexibility index (Phi) is 6.34. The number of carbonyl (C=O) groups is 1. The van der Waals surface area contributed by atoms with Crippen molar-refractivity contribution in [3.63, 3.8) is 0 Å². The monoisotopic (exact) mass is 408 g/mol. The first-order chi connectivity index (χ1) is 13.7. The van der Waals surface area contributed by atoms with E-state index in [0.29, 0.717) is 22.4 Å². The maximum absolute atomic E-state index is 11.9. The Morgan fingerprint density at radius 3 is 2.69 bits per heavy atom. The number of aromatic nitrogens is 3. The number of aromatic amines is 1. The molecule has 1 aliphatic heterocycles. The summed E-state index contributed by atoms with van der Waals surface area (Å²) in [5, 5.41) is 24.1. The molecule has 1 unspecified atom stereocenters. The zero-order valence-corrected chi connectivity index (χ0v) is 16.6. The molecule has 3 rings (SSSR count). The first kappa shape index (κ1) is 21.4. The maximum atomic E-state index is 11.9. The Morgan fingerprint density at radius 2 is 2.00 bits per heavy atom. The predicted octanol–water partition coefficient (Wildman–Crippen LogP) is -0.836. The van der Waals surface area contributed by atoms with Crippen LogP contribution in [0.4, 0.5) is 5.82 Å². The Labute approximate surface area is 167 Å². The number of nitrogens with two attached hydrogens (primary N) is 2. The molecule has 11 nitrogen and oxygen atoms in total. The largest absolute Gasteiger partial charge is 0.435 e. The average molecular weight is 408 g/mol. The zero-order valence-electron chi connectivity index (χ0n) is 16.6. The standard InChI is InChI=1S/C18H28N6O5/c1-7(2)11(19)18(27)29-8(3)28-5-10-15(25)16(26)13(24-10)9-4-21-14-12(9)22-6-23-17(14)20/h4,6-8,10-11,13,15-16,21,24-26H,5,19H2,1-3H3,(H2,20,22,23)/t8?,10-,11+,13+,15-,16+/m1/s1. The Bertz CT molecular complexity index is 858. The van der Waals surface area contributed by atoms with Gasteiger partial charge in [-0.25, -0.2) is 9.97 Å². The number of ether oxygens (including phenoxy) is 2. The first-order valence-corrected chi connectivity index (χ1v) is 9.48. The van der Waals surface area contributed by atoms with Gasteiger partial charge in [-0.15, -0.1) is 0 Å². The number of nitrogens with one attached hydrogen (secondary N) is 2. The highest BCUT2D eigenvalue weighted by molar-refractivity contribution is 5.87. The van der Waals surface area contributed by atoms with Gasteiger partial charge in [0.1, 0.15) is 24.0 Å². The van der Waals surface area contributed by atoms with Crippen molar-refractivity contribution >= 4 is 22.8 Å². The molecule has 0 aliphatic carbocycles. The van der Waals surface area contributed by atoms with E-state index >= 15 is 0 Å². The third-order valence-corrected chi connectivity index (χ3v) is 5.14. The highest BCUT2D eigenvalue weighted by atomic mass is 16.7. The molecule has 0 aromatic carbocycles. The Morgan fingerprint density at radius 1 is 1.28 bits per heavy atom. The number of anilines is 1. The molecule has 11 heteroatoms. The van der Waals surface area contributed by atoms with Gasteiger partial charge in [-0.2, -0.15) is 0 Å². The van der Waals surface area contributed by atoms with Crippen molar-refractivity contribution in [1.82, 2.24) is 20.3 Å². The van der Waals surface area contributed by atoms with E-state index < -0.39 is 42.6 Å². The molecular weight excluding hydrogens is 380 g/mol. The lowest BCUT2D eigenvalue weighted by molar-refractivity contribution is -0.179. The molecule has 0 spiro atoms. The lowest BCUT2D eigenvalue weighted by atomic mass is 10.0. The molecule has 1 fully saturated rings. The van der Waals surface area contributed by atoms with Gasteiger partial charge in [-0.05, 0) is 12.8 Å². The third kappa shape index (κ3) is 4.33. The fraction of sp³-hybridized carbons (Fsp3) is 0.611. The van der Waals surface area contributed by atoms with Crippen molar-refractivity contribution in [1.29, 1.82) is 0 Å². The first-order valence-electron chi connectivity index (χ1n) is 9.48. The summed E-state index contributed by atoms with van der Waals surface area (Å²) in [5.41, 5.74) is 13.4. The van der Waals surface area contributed by atoms with E-state index in [9.17, 15) is 15.0 Å². The van der Waals surface area contributed by atoms with Crippen molar-refractivity contribution in [3.8, 4) is 0 Å². The molecule has 29 heavy (non-hydrogen) atoms. The van der Waals surface area contributed by atoms with Crippen molar-refractivity contribution in [2.45, 2.75) is 57.4 Å². The highest BCUT2D eigenvalue weighted by Gasteiger charge is 2.43. The van der Waals surface area contributed by atoms with Crippen molar-refractivity contribution in [3.05, 3.63) is 18.1 Å². The lowest BCUT2D eigenvalue weighted by Crippen LogP contribution is -2.41. The van der Waals surface area contributed by atoms with E-state index in [2.05, 4.69) is 20.3 Å². The topological polar surface area (TPSA) is 182 Å². The fourth-order valence-electron chi connectivity index (χ4n) is 3.29. The van der Waals surface area contributed by atoms with Crippen LogP contribution in [-0.4, -0.2) is 68.3 Å². The van der Waals surface area contributed by atoms with Crippen molar-refractivity contribution in [2.75, 3.05) is 12.3 Å². The number of hydrogen-bond donors (Lipinski definition) is 6. The number of nitrogen functional groups attached to an aromatic ring is 1. The molecule has 0 amide bonds. The number of H-pyrrole nitrogens is 1. The number of hydrogen-bond acceptors (Lipinski definition) is 10. The van der Waals surface area contributed by atoms with Gasteiger partial charge in [0.25, 0.3) is 0 Å². The summed E-state index contributed by atoms with van der Waals surface area (Å²) in [6.07, 6.45) is -0.0238. The second-order valence-electron chi connectivity index (χ2n) is 7.57. The minimum absolute atomic E-state index is 0.0135. The van der Waals surface area contributed by atoms with Gasteiger partial charge >= 0.3 is 5.97 Å². The van der Waals surface area contributed by atoms with E-state index in [4.69, 9.17) is 20.9 Å². The van der Waals surface area contributed by atoms with Gasteiger partial charge in [0.2, 0.25) is 0 Å². The molecule has 1 aliphatic rings. The van der Waals surface area contributed by atoms with E-state index in [0.717, 1.165) is 0 Å². The molecule has 1 saturated heterocycles. The lowest BCUT2D eigenvalue weighted by Gasteiger charge is -2.21. The molecule has 0 saturated carbocycles. The number of nitrogens with zero attached hydrogens (tertiary/aromatic N) is 2. The average Bonchev–Trinajstić information content (AvgIpc) is 3.22. The molecular formula is C18H28N6O5. The van der Waals surface area contributed by atoms with Crippen LogP contribution in [-0.2, 0) is 14.3 Å². The van der Waals surface area contributed by atoms with Crippen LogP contribution >= 0.6 is 0 Å². The van der Waals surface area contributed by atoms with Crippen LogP contribution in [0.1, 0.15) is 32.4 Å². The molecule has 2 aromatic heterocycles. The van der Waals surface area contributed by atoms with Crippen LogP contribution in [0.2, 0.25) is 0 Å². The van der Waals surface area contributed by atoms with Gasteiger partial charge < -0.3 is 41.5 Å². The number of fused-ring (bicyclic) bond motifs is 1. The van der Waals surface area contributed by atoms with Gasteiger partial charge in [0.05, 0.1) is 30.3 Å². The highest BCUT2D eigenvalue weighted by Crippen LogP contribution is 2.32. The van der Waals surface area contributed by atoms with Gasteiger partial charge in [0, 0.05) is 11.8 Å². The Balaban J connectivity index is 1.62. The van der Waals surface area contributed by atoms with E-state index in [1.54, 1.807) is 13.1 Å². The number of aliphatic hydroxyl groups is 2. The Hall–Kier alpha value is -2.31. The number of carbonyl (C=O) groups excluding carboxylic acids is 1. The number of rotatable bonds is 7. The van der Waals surface area contributed by atoms with Crippen LogP contribution in [0.15, 0.2) is 12.5 Å². The number of esters is 1. The second kappa shape index (κ2) is 8.59. The minimum Gasteiger partial charge on any atom is -0.435 e. The van der Waals surface area contributed by atoms with E-state index in [1.807, 2.05) is 13.8 Å². The summed E-state index contributed by atoms with van der Waals surface area (Å²) in [6, 6.07) is -1.91. The molecule has 0 bridgehead atoms. The predicted molar refractivity (Wildman–Crippen MR) is 104 cm³/mol. The van der Waals surface area contributed by atoms with E-state index in [-0.39, 0.29) is 12.5 Å². The summed E-state index contributed by atoms with van der Waals surface area (Å²) in [4.78, 5) is 23.0. The summed E-state index contributed by atoms with van der Waals surface area (Å²) >= 11 is 0. The van der Waals surface area contributed by atoms with Crippen LogP contribution in [0.5, 0.6) is 0 Å². The molecule has 8 N–H and O–H groups in total. The molecule has 3 heterocycles. The third-order valence-electron chi connectivity index (χ3n) is 5.14. The summed E-state index contributed by atoms with van der Waals surface area (Å²) in [5.74, 6) is -0.316. The SMILES string of the molecule is CC(OC[C@H]1N[C@@H](c2c[nH]c3c(N)ncnc23)[C@H](O)[C@@H]1O)OC(=O)[C@@H](N)C(C)C. The fourth-order valence-corrected chi connectivity index (χ4v) is 3.29. The quantitative estimate of drug-likeness (QED) is 0.250. The molecule has 0 radical (unpaired) electrons. The van der Waals surface area contributed by atoms with Crippen molar-refractivity contribution < 1.29 is 24.5 Å². The van der Waals surface area contributed by atoms with Crippen LogP contribution in [0, 0.1) is 5.92 Å². The van der Waals surface area contributed by atoms with E-state index in [1.165, 1.54) is 6.33 Å². The minimum atomic E-state index is -1.09. The normalized spacial score (nSPS) is 26.7. The maximum Gasteiger partial charge on any atom is 0.325 e. The van der Waals surface area contributed by atoms with Crippen molar-refractivity contribution in [2.24, 2.45) is 11.7 Å². The molecule has 2 aromatic rings. The molecule has 160 valence electrons. The van der Waals surface area contributed by atoms with Gasteiger partial charge in [-0.1, -0.05) is 13.8 Å². The van der Waals surface area contributed by atoms with Crippen LogP contribution in [0.3, 0.4) is 0 Å². The second-order valence-corrected chi connectivity index (χ2v) is 7.57. The summed E-state index contributed by atoms with van der Waals surface area (Å²) in [6.45, 7) is 5.22. The van der Waals surface area contributed by atoms with Gasteiger partial charge in [-0.3, -0.25) is 4.79 Å². The van der Waals surface area contributed by atoms with Gasteiger partial charge in [0.15, 0.2) is 12.1 Å². The summed E-state index contributed by atoms with van der Waals surface area (Å²) < 4.78 is 10.7. The summed E-state index contributed by atoms with van der Waals surface area (Å²) in [7, 11) is 0. The van der Waals surface area contributed by atoms with Crippen LogP contribution < -0.4 is 16.8 Å². The number of aliphatic hydroxyl groups excluding tert-OH is 2.